The van der Waals surface area contributed by atoms with Crippen molar-refractivity contribution in [2.24, 2.45) is 0 Å². The van der Waals surface area contributed by atoms with Gasteiger partial charge in [-0.2, -0.15) is 0 Å². The Morgan fingerprint density at radius 1 is 1.02 bits per heavy atom. The lowest BCUT2D eigenvalue weighted by Crippen LogP contribution is -2.44. The number of rotatable bonds is 10. The van der Waals surface area contributed by atoms with E-state index in [4.69, 9.17) is 9.47 Å². The molecule has 0 atom stereocenters. The van der Waals surface area contributed by atoms with Crippen molar-refractivity contribution >= 4 is 71.5 Å². The van der Waals surface area contributed by atoms with Crippen molar-refractivity contribution < 1.29 is 14.3 Å². The minimum atomic E-state index is -0.320. The van der Waals surface area contributed by atoms with Gasteiger partial charge in [-0.25, -0.2) is 19.7 Å². The molecule has 0 spiro atoms. The van der Waals surface area contributed by atoms with Gasteiger partial charge in [0.05, 0.1) is 34.5 Å². The maximum atomic E-state index is 12.4. The van der Waals surface area contributed by atoms with Crippen molar-refractivity contribution in [3.8, 4) is 11.5 Å². The lowest BCUT2D eigenvalue weighted by atomic mass is 10.2. The van der Waals surface area contributed by atoms with Crippen LogP contribution in [-0.2, 0) is 0 Å². The van der Waals surface area contributed by atoms with Crippen molar-refractivity contribution in [1.82, 2.24) is 24.8 Å². The fourth-order valence-electron chi connectivity index (χ4n) is 4.91. The van der Waals surface area contributed by atoms with E-state index in [2.05, 4.69) is 47.7 Å². The molecular weight excluding hydrogens is 585 g/mol. The molecule has 13 heteroatoms. The zero-order valence-electron chi connectivity index (χ0n) is 24.3. The highest BCUT2D eigenvalue weighted by Gasteiger charge is 2.15. The fraction of sp³-hybridized carbons (Fsp3) is 0.333. The topological polar surface area (TPSA) is 117 Å². The number of nitrogens with zero attached hydrogens (tertiary/aromatic N) is 5. The summed E-state index contributed by atoms with van der Waals surface area (Å²) < 4.78 is 12.7. The number of fused-ring (bicyclic) bond motifs is 2. The Bertz CT molecular complexity index is 1730. The van der Waals surface area contributed by atoms with Crippen LogP contribution in [0.3, 0.4) is 0 Å². The van der Waals surface area contributed by atoms with Gasteiger partial charge in [-0.05, 0) is 61.7 Å². The van der Waals surface area contributed by atoms with Crippen molar-refractivity contribution in [3.63, 3.8) is 0 Å². The molecule has 2 amide bonds. The first-order chi connectivity index (χ1) is 20.9. The van der Waals surface area contributed by atoms with Gasteiger partial charge < -0.3 is 24.6 Å². The normalized spacial score (nSPS) is 14.2. The lowest BCUT2D eigenvalue weighted by molar-refractivity contribution is 0.145. The van der Waals surface area contributed by atoms with E-state index in [1.165, 1.54) is 29.0 Å². The van der Waals surface area contributed by atoms with E-state index in [9.17, 15) is 4.79 Å². The molecule has 224 valence electrons. The third-order valence-electron chi connectivity index (χ3n) is 7.23. The molecular formula is C30H34N8O3S2. The maximum Gasteiger partial charge on any atom is 0.326 e. The Hall–Kier alpha value is -4.04. The Kier molecular flexibility index (Phi) is 8.84. The first kappa shape index (κ1) is 29.1. The van der Waals surface area contributed by atoms with E-state index >= 15 is 0 Å². The second-order valence-corrected chi connectivity index (χ2v) is 12.4. The number of amides is 2. The number of urea groups is 1. The highest BCUT2D eigenvalue weighted by molar-refractivity contribution is 7.22. The summed E-state index contributed by atoms with van der Waals surface area (Å²) in [5.74, 6) is 1.95. The minimum Gasteiger partial charge on any atom is -0.493 e. The summed E-state index contributed by atoms with van der Waals surface area (Å²) in [7, 11) is 3.81. The number of benzene rings is 2. The number of piperazine rings is 1. The van der Waals surface area contributed by atoms with Crippen LogP contribution in [0.15, 0.2) is 48.1 Å². The maximum absolute atomic E-state index is 12.4. The van der Waals surface area contributed by atoms with Crippen LogP contribution in [0.4, 0.5) is 26.4 Å². The second-order valence-electron chi connectivity index (χ2n) is 10.5. The minimum absolute atomic E-state index is 0.320. The highest BCUT2D eigenvalue weighted by Crippen LogP contribution is 2.36. The summed E-state index contributed by atoms with van der Waals surface area (Å²) in [6.45, 7) is 8.03. The summed E-state index contributed by atoms with van der Waals surface area (Å²) >= 11 is 2.89. The Balaban J connectivity index is 1.12. The molecule has 5 aromatic rings. The molecule has 3 N–H and O–H groups in total. The van der Waals surface area contributed by atoms with Crippen molar-refractivity contribution in [1.29, 1.82) is 0 Å². The zero-order chi connectivity index (χ0) is 29.8. The van der Waals surface area contributed by atoms with E-state index in [0.717, 1.165) is 76.5 Å². The molecule has 2 aromatic carbocycles. The monoisotopic (exact) mass is 618 g/mol. The van der Waals surface area contributed by atoms with Crippen LogP contribution in [0.25, 0.3) is 21.1 Å². The highest BCUT2D eigenvalue weighted by atomic mass is 32.1. The van der Waals surface area contributed by atoms with Gasteiger partial charge in [-0.15, -0.1) is 11.3 Å². The Morgan fingerprint density at radius 3 is 2.67 bits per heavy atom. The van der Waals surface area contributed by atoms with Crippen LogP contribution in [0.2, 0.25) is 0 Å². The molecule has 1 fully saturated rings. The third-order valence-corrected chi connectivity index (χ3v) is 9.13. The van der Waals surface area contributed by atoms with Gasteiger partial charge in [0.1, 0.15) is 12.1 Å². The van der Waals surface area contributed by atoms with Gasteiger partial charge in [0.25, 0.3) is 0 Å². The van der Waals surface area contributed by atoms with Gasteiger partial charge in [0, 0.05) is 49.9 Å². The zero-order valence-corrected chi connectivity index (χ0v) is 26.0. The molecule has 6 rings (SSSR count). The number of anilines is 4. The standard InChI is InChI=1S/C30H34N8O3S2/c1-19-13-27(42-17-19)35-29(39)36-30-34-22-6-5-20(14-26(22)43-30)33-28-21-15-24(40-3)25(16-23(21)31-18-32-28)41-12-4-7-38-10-8-37(2)9-11-38/h5-6,13-18H,4,7-12H2,1-3H3,(H,31,32,33)(H2,34,35,36,39). The van der Waals surface area contributed by atoms with E-state index in [1.807, 2.05) is 48.7 Å². The Morgan fingerprint density at radius 2 is 1.88 bits per heavy atom. The number of ether oxygens (including phenoxy) is 2. The first-order valence-corrected chi connectivity index (χ1v) is 15.8. The molecule has 43 heavy (non-hydrogen) atoms. The van der Waals surface area contributed by atoms with Crippen LogP contribution in [0, 0.1) is 6.92 Å². The van der Waals surface area contributed by atoms with E-state index in [1.54, 1.807) is 7.11 Å². The average Bonchev–Trinajstić information content (AvgIpc) is 3.60. The summed E-state index contributed by atoms with van der Waals surface area (Å²) in [6, 6.07) is 11.3. The van der Waals surface area contributed by atoms with E-state index in [-0.39, 0.29) is 6.03 Å². The molecule has 0 radical (unpaired) electrons. The molecule has 4 heterocycles. The fourth-order valence-corrected chi connectivity index (χ4v) is 6.59. The number of carbonyl (C=O) groups is 1. The van der Waals surface area contributed by atoms with Crippen LogP contribution in [0.1, 0.15) is 12.0 Å². The van der Waals surface area contributed by atoms with Crippen LogP contribution >= 0.6 is 22.7 Å². The average molecular weight is 619 g/mol. The largest absolute Gasteiger partial charge is 0.493 e. The molecule has 0 aliphatic carbocycles. The predicted octanol–water partition coefficient (Wildman–Crippen LogP) is 6.02. The molecule has 0 unspecified atom stereocenters. The SMILES string of the molecule is COc1cc2c(Nc3ccc4nc(NC(=O)Nc5cc(C)cs5)sc4c3)ncnc2cc1OCCCN1CCN(C)CC1. The van der Waals surface area contributed by atoms with Gasteiger partial charge in [-0.1, -0.05) is 11.3 Å². The second kappa shape index (κ2) is 13.1. The molecule has 0 saturated carbocycles. The van der Waals surface area contributed by atoms with Crippen LogP contribution in [-0.4, -0.2) is 84.3 Å². The van der Waals surface area contributed by atoms with Crippen molar-refractivity contribution in [3.05, 3.63) is 53.7 Å². The number of carbonyl (C=O) groups excluding carboxylic acids is 1. The number of hydrogen-bond acceptors (Lipinski definition) is 11. The molecule has 1 saturated heterocycles. The van der Waals surface area contributed by atoms with Gasteiger partial charge in [0.2, 0.25) is 0 Å². The molecule has 11 nitrogen and oxygen atoms in total. The van der Waals surface area contributed by atoms with Crippen molar-refractivity contribution in [2.45, 2.75) is 13.3 Å². The van der Waals surface area contributed by atoms with Gasteiger partial charge in [-0.3, -0.25) is 10.6 Å². The smallest absolute Gasteiger partial charge is 0.326 e. The summed E-state index contributed by atoms with van der Waals surface area (Å²) in [4.78, 5) is 30.8. The number of likely N-dealkylation sites (N-methyl/N-ethyl adjacent to an activating group) is 1. The molecule has 1 aliphatic rings. The number of thiazole rings is 1. The third kappa shape index (κ3) is 7.13. The summed E-state index contributed by atoms with van der Waals surface area (Å²) in [5.41, 5.74) is 3.49. The number of aryl methyl sites for hydroxylation is 1. The van der Waals surface area contributed by atoms with Gasteiger partial charge in [0.15, 0.2) is 16.6 Å². The van der Waals surface area contributed by atoms with Crippen LogP contribution in [0.5, 0.6) is 11.5 Å². The quantitative estimate of drug-likeness (QED) is 0.162. The number of aromatic nitrogens is 3. The number of methoxy groups -OCH3 is 1. The molecule has 3 aromatic heterocycles. The number of thiophene rings is 1. The summed E-state index contributed by atoms with van der Waals surface area (Å²) in [6.07, 6.45) is 2.48. The lowest BCUT2D eigenvalue weighted by Gasteiger charge is -2.32. The molecule has 0 bridgehead atoms. The first-order valence-electron chi connectivity index (χ1n) is 14.1. The van der Waals surface area contributed by atoms with Crippen molar-refractivity contribution in [2.75, 3.05) is 69.4 Å². The van der Waals surface area contributed by atoms with Gasteiger partial charge >= 0.3 is 6.03 Å². The summed E-state index contributed by atoms with van der Waals surface area (Å²) in [5, 5.41) is 13.2. The molecule has 1 aliphatic heterocycles. The predicted molar refractivity (Wildman–Crippen MR) is 175 cm³/mol. The number of nitrogens with one attached hydrogen (secondary N) is 3. The van der Waals surface area contributed by atoms with Crippen LogP contribution < -0.4 is 25.4 Å². The van der Waals surface area contributed by atoms with E-state index in [0.29, 0.717) is 29.1 Å². The number of hydrogen-bond donors (Lipinski definition) is 3. The Labute approximate surface area is 257 Å². The van der Waals surface area contributed by atoms with E-state index < -0.39 is 0 Å².